The minimum atomic E-state index is -3.33. The number of sulfonamides is 1. The molecule has 1 N–H and O–H groups in total. The second kappa shape index (κ2) is 9.10. The lowest BCUT2D eigenvalue weighted by molar-refractivity contribution is -0.116. The number of anilines is 1. The maximum absolute atomic E-state index is 12.1. The number of halogens is 1. The second-order valence-corrected chi connectivity index (χ2v) is 7.54. The SMILES string of the molecule is CCCN(CCC(=O)Nc1cc(OC)c(Cl)cc1OC)S(C)(=O)=O. The summed E-state index contributed by atoms with van der Waals surface area (Å²) in [5.74, 6) is 0.460. The average Bonchev–Trinajstić information content (AvgIpc) is 2.51. The van der Waals surface area contributed by atoms with Gasteiger partial charge >= 0.3 is 0 Å². The van der Waals surface area contributed by atoms with E-state index in [2.05, 4.69) is 5.32 Å². The molecule has 1 amide bonds. The molecular formula is C15H23ClN2O5S. The molecule has 24 heavy (non-hydrogen) atoms. The number of ether oxygens (including phenoxy) is 2. The van der Waals surface area contributed by atoms with Crippen LogP contribution in [0, 0.1) is 0 Å². The molecule has 0 spiro atoms. The van der Waals surface area contributed by atoms with Crippen molar-refractivity contribution in [2.45, 2.75) is 19.8 Å². The number of hydrogen-bond acceptors (Lipinski definition) is 5. The van der Waals surface area contributed by atoms with Gasteiger partial charge in [0.15, 0.2) is 0 Å². The Labute approximate surface area is 147 Å². The smallest absolute Gasteiger partial charge is 0.225 e. The summed E-state index contributed by atoms with van der Waals surface area (Å²) in [5, 5.41) is 3.05. The molecule has 1 rings (SSSR count). The number of nitrogens with zero attached hydrogens (tertiary/aromatic N) is 1. The molecule has 0 saturated carbocycles. The summed E-state index contributed by atoms with van der Waals surface area (Å²) < 4.78 is 34.9. The molecule has 0 radical (unpaired) electrons. The Kier molecular flexibility index (Phi) is 7.78. The predicted octanol–water partition coefficient (Wildman–Crippen LogP) is 2.36. The van der Waals surface area contributed by atoms with Crippen LogP contribution in [-0.2, 0) is 14.8 Å². The monoisotopic (exact) mass is 378 g/mol. The van der Waals surface area contributed by atoms with Gasteiger partial charge in [-0.2, -0.15) is 0 Å². The number of hydrogen-bond donors (Lipinski definition) is 1. The van der Waals surface area contributed by atoms with Crippen LogP contribution in [0.15, 0.2) is 12.1 Å². The molecule has 0 aromatic heterocycles. The normalized spacial score (nSPS) is 11.4. The van der Waals surface area contributed by atoms with Crippen LogP contribution in [0.2, 0.25) is 5.02 Å². The molecule has 0 fully saturated rings. The lowest BCUT2D eigenvalue weighted by Crippen LogP contribution is -2.33. The fraction of sp³-hybridized carbons (Fsp3) is 0.533. The Bertz CT molecular complexity index is 679. The quantitative estimate of drug-likeness (QED) is 0.713. The van der Waals surface area contributed by atoms with Crippen LogP contribution < -0.4 is 14.8 Å². The first-order chi connectivity index (χ1) is 11.2. The maximum Gasteiger partial charge on any atom is 0.225 e. The van der Waals surface area contributed by atoms with E-state index in [-0.39, 0.29) is 18.9 Å². The molecule has 136 valence electrons. The molecule has 0 unspecified atom stereocenters. The van der Waals surface area contributed by atoms with E-state index in [4.69, 9.17) is 21.1 Å². The topological polar surface area (TPSA) is 84.9 Å². The second-order valence-electron chi connectivity index (χ2n) is 5.15. The van der Waals surface area contributed by atoms with Crippen LogP contribution in [0.3, 0.4) is 0 Å². The van der Waals surface area contributed by atoms with E-state index >= 15 is 0 Å². The Balaban J connectivity index is 2.81. The Morgan fingerprint density at radius 2 is 1.83 bits per heavy atom. The number of amides is 1. The summed E-state index contributed by atoms with van der Waals surface area (Å²) in [4.78, 5) is 12.1. The first kappa shape index (κ1) is 20.5. The van der Waals surface area contributed by atoms with E-state index < -0.39 is 10.0 Å². The summed E-state index contributed by atoms with van der Waals surface area (Å²) in [6.45, 7) is 2.37. The van der Waals surface area contributed by atoms with E-state index in [1.54, 1.807) is 6.07 Å². The molecule has 7 nitrogen and oxygen atoms in total. The van der Waals surface area contributed by atoms with E-state index in [1.165, 1.54) is 24.6 Å². The highest BCUT2D eigenvalue weighted by molar-refractivity contribution is 7.88. The third-order valence-electron chi connectivity index (χ3n) is 3.28. The van der Waals surface area contributed by atoms with Crippen LogP contribution in [0.4, 0.5) is 5.69 Å². The molecule has 0 aliphatic heterocycles. The summed E-state index contributed by atoms with van der Waals surface area (Å²) in [5.41, 5.74) is 0.408. The van der Waals surface area contributed by atoms with Crippen molar-refractivity contribution < 1.29 is 22.7 Å². The van der Waals surface area contributed by atoms with Gasteiger partial charge in [-0.25, -0.2) is 12.7 Å². The van der Waals surface area contributed by atoms with Gasteiger partial charge in [-0.1, -0.05) is 18.5 Å². The minimum Gasteiger partial charge on any atom is -0.495 e. The van der Waals surface area contributed by atoms with Gasteiger partial charge < -0.3 is 14.8 Å². The average molecular weight is 379 g/mol. The number of rotatable bonds is 9. The van der Waals surface area contributed by atoms with Crippen molar-refractivity contribution in [2.75, 3.05) is 38.9 Å². The van der Waals surface area contributed by atoms with Crippen molar-refractivity contribution in [3.8, 4) is 11.5 Å². The molecule has 1 aromatic carbocycles. The van der Waals surface area contributed by atoms with Crippen molar-refractivity contribution in [1.29, 1.82) is 0 Å². The summed E-state index contributed by atoms with van der Waals surface area (Å²) in [6.07, 6.45) is 1.84. The number of nitrogens with one attached hydrogen (secondary N) is 1. The highest BCUT2D eigenvalue weighted by Gasteiger charge is 2.18. The Morgan fingerprint density at radius 3 is 2.33 bits per heavy atom. The largest absolute Gasteiger partial charge is 0.495 e. The molecule has 1 aromatic rings. The Hall–Kier alpha value is -1.51. The van der Waals surface area contributed by atoms with Gasteiger partial charge in [0.05, 0.1) is 31.2 Å². The summed E-state index contributed by atoms with van der Waals surface area (Å²) >= 11 is 6.01. The Morgan fingerprint density at radius 1 is 1.21 bits per heavy atom. The van der Waals surface area contributed by atoms with Crippen molar-refractivity contribution in [2.24, 2.45) is 0 Å². The van der Waals surface area contributed by atoms with Crippen molar-refractivity contribution in [3.05, 3.63) is 17.2 Å². The van der Waals surface area contributed by atoms with Crippen molar-refractivity contribution in [3.63, 3.8) is 0 Å². The van der Waals surface area contributed by atoms with Gasteiger partial charge in [0.25, 0.3) is 0 Å². The number of benzene rings is 1. The lowest BCUT2D eigenvalue weighted by Gasteiger charge is -2.19. The van der Waals surface area contributed by atoms with Gasteiger partial charge in [0.1, 0.15) is 11.5 Å². The van der Waals surface area contributed by atoms with E-state index in [0.717, 1.165) is 6.26 Å². The first-order valence-corrected chi connectivity index (χ1v) is 9.62. The fourth-order valence-corrected chi connectivity index (χ4v) is 3.26. The zero-order valence-corrected chi connectivity index (χ0v) is 15.8. The third-order valence-corrected chi connectivity index (χ3v) is 4.88. The van der Waals surface area contributed by atoms with E-state index in [1.807, 2.05) is 6.92 Å². The van der Waals surface area contributed by atoms with Gasteiger partial charge in [-0.3, -0.25) is 4.79 Å². The lowest BCUT2D eigenvalue weighted by atomic mass is 10.2. The van der Waals surface area contributed by atoms with Gasteiger partial charge in [-0.05, 0) is 6.42 Å². The van der Waals surface area contributed by atoms with Crippen molar-refractivity contribution >= 4 is 33.2 Å². The molecule has 9 heteroatoms. The highest BCUT2D eigenvalue weighted by Crippen LogP contribution is 2.35. The zero-order valence-electron chi connectivity index (χ0n) is 14.3. The molecular weight excluding hydrogens is 356 g/mol. The van der Waals surface area contributed by atoms with E-state index in [0.29, 0.717) is 35.2 Å². The minimum absolute atomic E-state index is 0.0289. The number of carbonyl (C=O) groups is 1. The van der Waals surface area contributed by atoms with Gasteiger partial charge in [0, 0.05) is 31.6 Å². The van der Waals surface area contributed by atoms with Crippen LogP contribution in [0.1, 0.15) is 19.8 Å². The molecule has 0 aliphatic carbocycles. The van der Waals surface area contributed by atoms with Crippen LogP contribution in [0.5, 0.6) is 11.5 Å². The zero-order chi connectivity index (χ0) is 18.3. The van der Waals surface area contributed by atoms with Crippen LogP contribution >= 0.6 is 11.6 Å². The summed E-state index contributed by atoms with van der Waals surface area (Å²) in [7, 11) is -0.408. The molecule has 0 aliphatic rings. The van der Waals surface area contributed by atoms with Gasteiger partial charge in [0.2, 0.25) is 15.9 Å². The number of methoxy groups -OCH3 is 2. The van der Waals surface area contributed by atoms with E-state index in [9.17, 15) is 13.2 Å². The maximum atomic E-state index is 12.1. The number of carbonyl (C=O) groups excluding carboxylic acids is 1. The molecule has 0 heterocycles. The molecule has 0 saturated heterocycles. The standard InChI is InChI=1S/C15H23ClN2O5S/c1-5-7-18(24(4,20)21)8-6-15(19)17-12-10-13(22-2)11(16)9-14(12)23-3/h9-10H,5-8H2,1-4H3,(H,17,19). The predicted molar refractivity (Wildman–Crippen MR) is 94.5 cm³/mol. The third kappa shape index (κ3) is 5.85. The van der Waals surface area contributed by atoms with Crippen LogP contribution in [-0.4, -0.2) is 52.2 Å². The summed E-state index contributed by atoms with van der Waals surface area (Å²) in [6, 6.07) is 3.09. The highest BCUT2D eigenvalue weighted by atomic mass is 35.5. The first-order valence-electron chi connectivity index (χ1n) is 7.39. The molecule has 0 bridgehead atoms. The van der Waals surface area contributed by atoms with Crippen molar-refractivity contribution in [1.82, 2.24) is 4.31 Å². The van der Waals surface area contributed by atoms with Gasteiger partial charge in [-0.15, -0.1) is 0 Å². The van der Waals surface area contributed by atoms with Crippen LogP contribution in [0.25, 0.3) is 0 Å². The fourth-order valence-electron chi connectivity index (χ4n) is 2.09. The molecule has 0 atom stereocenters.